The van der Waals surface area contributed by atoms with Gasteiger partial charge in [0.2, 0.25) is 5.88 Å². The number of nitrogens with one attached hydrogen (secondary N) is 1. The average Bonchev–Trinajstić information content (AvgIpc) is 2.49. The molecule has 0 unspecified atom stereocenters. The first-order valence-electron chi connectivity index (χ1n) is 6.21. The van der Waals surface area contributed by atoms with Gasteiger partial charge in [-0.05, 0) is 11.1 Å². The van der Waals surface area contributed by atoms with Gasteiger partial charge in [-0.2, -0.15) is 0 Å². The minimum absolute atomic E-state index is 0.0631. The molecular weight excluding hydrogens is 240 g/mol. The second-order valence-electron chi connectivity index (χ2n) is 4.24. The van der Waals surface area contributed by atoms with Crippen LogP contribution in [-0.2, 0) is 6.54 Å². The normalized spacial score (nSPS) is 12.1. The highest BCUT2D eigenvalue weighted by Gasteiger charge is 2.08. The SMILES string of the molecule is COc1ccc(CN[C@@H](CO)c2ccccc2)cn1. The third-order valence-corrected chi connectivity index (χ3v) is 2.94. The Morgan fingerprint density at radius 2 is 2.00 bits per heavy atom. The third kappa shape index (κ3) is 3.77. The maximum absolute atomic E-state index is 9.44. The molecule has 2 aromatic rings. The second-order valence-corrected chi connectivity index (χ2v) is 4.24. The van der Waals surface area contributed by atoms with Crippen molar-refractivity contribution < 1.29 is 9.84 Å². The Hall–Kier alpha value is -1.91. The molecule has 0 amide bonds. The highest BCUT2D eigenvalue weighted by atomic mass is 16.5. The van der Waals surface area contributed by atoms with E-state index in [1.165, 1.54) is 0 Å². The number of rotatable bonds is 6. The van der Waals surface area contributed by atoms with Crippen LogP contribution in [0.5, 0.6) is 5.88 Å². The minimum atomic E-state index is -0.0664. The molecule has 0 saturated carbocycles. The standard InChI is InChI=1S/C15H18N2O2/c1-19-15-8-7-12(10-17-15)9-16-14(11-18)13-5-3-2-4-6-13/h2-8,10,14,16,18H,9,11H2,1H3/t14-/m0/s1. The van der Waals surface area contributed by atoms with Crippen molar-refractivity contribution in [2.75, 3.05) is 13.7 Å². The van der Waals surface area contributed by atoms with Crippen LogP contribution in [0.3, 0.4) is 0 Å². The van der Waals surface area contributed by atoms with Crippen molar-refractivity contribution in [3.05, 3.63) is 59.8 Å². The molecule has 0 radical (unpaired) electrons. The van der Waals surface area contributed by atoms with E-state index < -0.39 is 0 Å². The molecule has 0 aliphatic carbocycles. The quantitative estimate of drug-likeness (QED) is 0.831. The van der Waals surface area contributed by atoms with Crippen LogP contribution in [0, 0.1) is 0 Å². The number of methoxy groups -OCH3 is 1. The molecule has 0 aliphatic heterocycles. The van der Waals surface area contributed by atoms with Crippen LogP contribution in [-0.4, -0.2) is 23.8 Å². The predicted octanol–water partition coefficient (Wildman–Crippen LogP) is 1.91. The predicted molar refractivity (Wildman–Crippen MR) is 73.9 cm³/mol. The number of benzene rings is 1. The first-order chi connectivity index (χ1) is 9.33. The average molecular weight is 258 g/mol. The fraction of sp³-hybridized carbons (Fsp3) is 0.267. The van der Waals surface area contributed by atoms with E-state index in [0.29, 0.717) is 12.4 Å². The number of ether oxygens (including phenoxy) is 1. The summed E-state index contributed by atoms with van der Waals surface area (Å²) in [5, 5.41) is 12.8. The van der Waals surface area contributed by atoms with Crippen LogP contribution < -0.4 is 10.1 Å². The molecule has 2 rings (SSSR count). The van der Waals surface area contributed by atoms with Crippen LogP contribution in [0.25, 0.3) is 0 Å². The van der Waals surface area contributed by atoms with Crippen LogP contribution >= 0.6 is 0 Å². The molecule has 19 heavy (non-hydrogen) atoms. The maximum Gasteiger partial charge on any atom is 0.212 e. The largest absolute Gasteiger partial charge is 0.481 e. The van der Waals surface area contributed by atoms with E-state index in [9.17, 15) is 5.11 Å². The van der Waals surface area contributed by atoms with Crippen LogP contribution in [0.1, 0.15) is 17.2 Å². The monoisotopic (exact) mass is 258 g/mol. The van der Waals surface area contributed by atoms with Crippen molar-refractivity contribution >= 4 is 0 Å². The Balaban J connectivity index is 1.96. The molecule has 0 saturated heterocycles. The summed E-state index contributed by atoms with van der Waals surface area (Å²) in [6.07, 6.45) is 1.77. The lowest BCUT2D eigenvalue weighted by Crippen LogP contribution is -2.23. The van der Waals surface area contributed by atoms with Crippen molar-refractivity contribution in [1.82, 2.24) is 10.3 Å². The fourth-order valence-electron chi connectivity index (χ4n) is 1.85. The van der Waals surface area contributed by atoms with Gasteiger partial charge in [-0.25, -0.2) is 4.98 Å². The summed E-state index contributed by atoms with van der Waals surface area (Å²) in [5.41, 5.74) is 2.13. The lowest BCUT2D eigenvalue weighted by atomic mass is 10.1. The summed E-state index contributed by atoms with van der Waals surface area (Å²) in [4.78, 5) is 4.15. The second kappa shape index (κ2) is 6.87. The van der Waals surface area contributed by atoms with Crippen molar-refractivity contribution in [2.24, 2.45) is 0 Å². The number of aromatic nitrogens is 1. The molecule has 1 aromatic carbocycles. The number of pyridine rings is 1. The number of aliphatic hydroxyl groups excluding tert-OH is 1. The molecule has 100 valence electrons. The van der Waals surface area contributed by atoms with Crippen LogP contribution in [0.15, 0.2) is 48.7 Å². The van der Waals surface area contributed by atoms with Crippen molar-refractivity contribution in [1.29, 1.82) is 0 Å². The van der Waals surface area contributed by atoms with Gasteiger partial charge in [-0.15, -0.1) is 0 Å². The summed E-state index contributed by atoms with van der Waals surface area (Å²) in [7, 11) is 1.59. The van der Waals surface area contributed by atoms with E-state index >= 15 is 0 Å². The zero-order valence-corrected chi connectivity index (χ0v) is 10.9. The zero-order valence-electron chi connectivity index (χ0n) is 10.9. The molecule has 4 nitrogen and oxygen atoms in total. The third-order valence-electron chi connectivity index (χ3n) is 2.94. The Morgan fingerprint density at radius 3 is 2.58 bits per heavy atom. The Kier molecular flexibility index (Phi) is 4.89. The maximum atomic E-state index is 9.44. The van der Waals surface area contributed by atoms with Gasteiger partial charge in [-0.1, -0.05) is 36.4 Å². The summed E-state index contributed by atoms with van der Waals surface area (Å²) in [6, 6.07) is 13.6. The molecule has 0 fully saturated rings. The Morgan fingerprint density at radius 1 is 1.21 bits per heavy atom. The van der Waals surface area contributed by atoms with E-state index in [-0.39, 0.29) is 12.6 Å². The van der Waals surface area contributed by atoms with Crippen molar-refractivity contribution in [2.45, 2.75) is 12.6 Å². The van der Waals surface area contributed by atoms with E-state index in [0.717, 1.165) is 11.1 Å². The van der Waals surface area contributed by atoms with Crippen molar-refractivity contribution in [3.63, 3.8) is 0 Å². The molecule has 1 aromatic heterocycles. The smallest absolute Gasteiger partial charge is 0.212 e. The minimum Gasteiger partial charge on any atom is -0.481 e. The lowest BCUT2D eigenvalue weighted by Gasteiger charge is -2.16. The van der Waals surface area contributed by atoms with Gasteiger partial charge in [0.25, 0.3) is 0 Å². The molecule has 2 N–H and O–H groups in total. The van der Waals surface area contributed by atoms with Gasteiger partial charge in [0, 0.05) is 18.8 Å². The molecule has 4 heteroatoms. The topological polar surface area (TPSA) is 54.4 Å². The molecule has 0 spiro atoms. The highest BCUT2D eigenvalue weighted by Crippen LogP contribution is 2.13. The highest BCUT2D eigenvalue weighted by molar-refractivity contribution is 5.20. The van der Waals surface area contributed by atoms with Gasteiger partial charge < -0.3 is 15.2 Å². The van der Waals surface area contributed by atoms with Crippen molar-refractivity contribution in [3.8, 4) is 5.88 Å². The van der Waals surface area contributed by atoms with Gasteiger partial charge in [0.1, 0.15) is 0 Å². The lowest BCUT2D eigenvalue weighted by molar-refractivity contribution is 0.243. The first-order valence-corrected chi connectivity index (χ1v) is 6.21. The number of hydrogen-bond acceptors (Lipinski definition) is 4. The summed E-state index contributed by atoms with van der Waals surface area (Å²) in [6.45, 7) is 0.713. The van der Waals surface area contributed by atoms with Crippen LogP contribution in [0.2, 0.25) is 0 Å². The van der Waals surface area contributed by atoms with Crippen LogP contribution in [0.4, 0.5) is 0 Å². The van der Waals surface area contributed by atoms with E-state index in [4.69, 9.17) is 4.74 Å². The molecule has 0 bridgehead atoms. The van der Waals surface area contributed by atoms with Gasteiger partial charge in [0.15, 0.2) is 0 Å². The summed E-state index contributed by atoms with van der Waals surface area (Å²) < 4.78 is 5.01. The zero-order chi connectivity index (χ0) is 13.5. The first kappa shape index (κ1) is 13.5. The molecule has 0 aliphatic rings. The molecule has 1 atom stereocenters. The summed E-state index contributed by atoms with van der Waals surface area (Å²) in [5.74, 6) is 0.602. The number of aliphatic hydroxyl groups is 1. The summed E-state index contributed by atoms with van der Waals surface area (Å²) >= 11 is 0. The van der Waals surface area contributed by atoms with Gasteiger partial charge >= 0.3 is 0 Å². The van der Waals surface area contributed by atoms with E-state index in [1.54, 1.807) is 13.3 Å². The molecule has 1 heterocycles. The van der Waals surface area contributed by atoms with E-state index in [1.807, 2.05) is 42.5 Å². The van der Waals surface area contributed by atoms with Gasteiger partial charge in [0.05, 0.1) is 19.8 Å². The van der Waals surface area contributed by atoms with Gasteiger partial charge in [-0.3, -0.25) is 0 Å². The Bertz CT molecular complexity index is 485. The van der Waals surface area contributed by atoms with E-state index in [2.05, 4.69) is 10.3 Å². The fourth-order valence-corrected chi connectivity index (χ4v) is 1.85. The Labute approximate surface area is 113 Å². The number of hydrogen-bond donors (Lipinski definition) is 2. The number of nitrogens with zero attached hydrogens (tertiary/aromatic N) is 1. The molecular formula is C15H18N2O2.